The van der Waals surface area contributed by atoms with Gasteiger partial charge in [-0.3, -0.25) is 9.59 Å². The fourth-order valence-corrected chi connectivity index (χ4v) is 3.52. The fourth-order valence-electron chi connectivity index (χ4n) is 3.52. The summed E-state index contributed by atoms with van der Waals surface area (Å²) in [5, 5.41) is 0. The largest absolute Gasteiger partial charge is 0.497 e. The number of methoxy groups -OCH3 is 1. The molecule has 0 saturated heterocycles. The van der Waals surface area contributed by atoms with Crippen molar-refractivity contribution in [3.8, 4) is 5.75 Å². The van der Waals surface area contributed by atoms with Gasteiger partial charge in [-0.2, -0.15) is 0 Å². The zero-order chi connectivity index (χ0) is 23.3. The highest BCUT2D eigenvalue weighted by Crippen LogP contribution is 2.18. The number of ketones is 1. The zero-order valence-corrected chi connectivity index (χ0v) is 18.4. The van der Waals surface area contributed by atoms with Gasteiger partial charge >= 0.3 is 5.97 Å². The third-order valence-corrected chi connectivity index (χ3v) is 5.40. The van der Waals surface area contributed by atoms with E-state index in [1.165, 1.54) is 29.8 Å². The molecule has 7 nitrogen and oxygen atoms in total. The molecule has 2 aromatic carbocycles. The van der Waals surface area contributed by atoms with Crippen LogP contribution in [-0.4, -0.2) is 35.9 Å². The summed E-state index contributed by atoms with van der Waals surface area (Å²) in [4.78, 5) is 36.0. The molecule has 2 N–H and O–H groups in total. The number of hydrogen-bond donors (Lipinski definition) is 1. The van der Waals surface area contributed by atoms with Gasteiger partial charge in [-0.25, -0.2) is 4.79 Å². The molecular formula is C25H26N2O5. The van der Waals surface area contributed by atoms with Crippen LogP contribution in [0.15, 0.2) is 54.6 Å². The molecule has 0 fully saturated rings. The molecule has 7 heteroatoms. The van der Waals surface area contributed by atoms with Gasteiger partial charge in [-0.15, -0.1) is 0 Å². The maximum Gasteiger partial charge on any atom is 0.338 e. The van der Waals surface area contributed by atoms with Crippen LogP contribution in [0.5, 0.6) is 5.75 Å². The monoisotopic (exact) mass is 434 g/mol. The average Bonchev–Trinajstić information content (AvgIpc) is 3.09. The second-order valence-electron chi connectivity index (χ2n) is 7.48. The second-order valence-corrected chi connectivity index (χ2v) is 7.48. The lowest BCUT2D eigenvalue weighted by molar-refractivity contribution is 0.0474. The highest BCUT2D eigenvalue weighted by molar-refractivity contribution is 6.00. The Kier molecular flexibility index (Phi) is 7.10. The summed E-state index contributed by atoms with van der Waals surface area (Å²) in [7, 11) is 1.64. The number of nitrogens with two attached hydrogens (primary N) is 1. The average molecular weight is 434 g/mol. The normalized spacial score (nSPS) is 10.6. The first kappa shape index (κ1) is 22.8. The van der Waals surface area contributed by atoms with E-state index in [2.05, 4.69) is 4.57 Å². The Morgan fingerprint density at radius 2 is 1.56 bits per heavy atom. The van der Waals surface area contributed by atoms with Crippen molar-refractivity contribution in [1.29, 1.82) is 0 Å². The van der Waals surface area contributed by atoms with E-state index in [1.807, 2.05) is 44.2 Å². The van der Waals surface area contributed by atoms with Gasteiger partial charge in [-0.1, -0.05) is 12.1 Å². The molecule has 0 atom stereocenters. The first-order chi connectivity index (χ1) is 15.3. The van der Waals surface area contributed by atoms with E-state index in [0.717, 1.165) is 30.1 Å². The Hall–Kier alpha value is -3.87. The summed E-state index contributed by atoms with van der Waals surface area (Å²) >= 11 is 0. The number of aryl methyl sites for hydroxylation is 2. The molecule has 1 aromatic heterocycles. The first-order valence-electron chi connectivity index (χ1n) is 10.2. The minimum absolute atomic E-state index is 0.243. The second kappa shape index (κ2) is 9.96. The van der Waals surface area contributed by atoms with Crippen molar-refractivity contribution < 1.29 is 23.9 Å². The highest BCUT2D eigenvalue weighted by Gasteiger charge is 2.18. The predicted octanol–water partition coefficient (Wildman–Crippen LogP) is 3.49. The number of ether oxygens (including phenoxy) is 2. The molecule has 0 radical (unpaired) electrons. The molecule has 166 valence electrons. The molecule has 0 unspecified atom stereocenters. The number of carbonyl (C=O) groups excluding carboxylic acids is 3. The number of carbonyl (C=O) groups is 3. The van der Waals surface area contributed by atoms with E-state index in [-0.39, 0.29) is 18.0 Å². The van der Waals surface area contributed by atoms with E-state index in [4.69, 9.17) is 15.2 Å². The van der Waals surface area contributed by atoms with Crippen molar-refractivity contribution in [2.24, 2.45) is 5.73 Å². The van der Waals surface area contributed by atoms with Crippen molar-refractivity contribution in [2.45, 2.75) is 26.8 Å². The van der Waals surface area contributed by atoms with Crippen LogP contribution in [0.25, 0.3) is 0 Å². The van der Waals surface area contributed by atoms with E-state index >= 15 is 0 Å². The molecule has 32 heavy (non-hydrogen) atoms. The number of Topliss-reactive ketones (excluding diaryl/α,β-unsaturated/α-hetero) is 1. The lowest BCUT2D eigenvalue weighted by Crippen LogP contribution is -2.16. The maximum absolute atomic E-state index is 12.7. The SMILES string of the molecule is COc1ccc(CCn2c(C)cc(C(=O)COC(=O)c3ccc(C(N)=O)cc3)c2C)cc1. The summed E-state index contributed by atoms with van der Waals surface area (Å²) in [6.45, 7) is 4.20. The number of amides is 1. The van der Waals surface area contributed by atoms with Gasteiger partial charge in [0.25, 0.3) is 0 Å². The third kappa shape index (κ3) is 5.24. The van der Waals surface area contributed by atoms with Gasteiger partial charge in [0.15, 0.2) is 6.61 Å². The van der Waals surface area contributed by atoms with Crippen molar-refractivity contribution in [1.82, 2.24) is 4.57 Å². The molecule has 3 aromatic rings. The van der Waals surface area contributed by atoms with Crippen LogP contribution in [0.4, 0.5) is 0 Å². The lowest BCUT2D eigenvalue weighted by atomic mass is 10.1. The number of nitrogens with zero attached hydrogens (tertiary/aromatic N) is 1. The number of esters is 1. The summed E-state index contributed by atoms with van der Waals surface area (Å²) < 4.78 is 12.4. The molecule has 0 aliphatic heterocycles. The van der Waals surface area contributed by atoms with Crippen LogP contribution in [0, 0.1) is 13.8 Å². The van der Waals surface area contributed by atoms with Crippen LogP contribution < -0.4 is 10.5 Å². The number of aromatic nitrogens is 1. The Morgan fingerprint density at radius 1 is 0.938 bits per heavy atom. The van der Waals surface area contributed by atoms with Crippen molar-refractivity contribution in [3.05, 3.63) is 88.2 Å². The van der Waals surface area contributed by atoms with E-state index in [9.17, 15) is 14.4 Å². The van der Waals surface area contributed by atoms with Crippen LogP contribution >= 0.6 is 0 Å². The molecule has 0 saturated carbocycles. The Balaban J connectivity index is 1.61. The van der Waals surface area contributed by atoms with Gasteiger partial charge in [0, 0.05) is 29.1 Å². The summed E-state index contributed by atoms with van der Waals surface area (Å²) in [5.41, 5.74) is 9.23. The van der Waals surface area contributed by atoms with Gasteiger partial charge in [-0.05, 0) is 68.3 Å². The topological polar surface area (TPSA) is 101 Å². The molecule has 1 heterocycles. The van der Waals surface area contributed by atoms with Gasteiger partial charge in [0.2, 0.25) is 11.7 Å². The summed E-state index contributed by atoms with van der Waals surface area (Å²) in [6, 6.07) is 15.5. The summed E-state index contributed by atoms with van der Waals surface area (Å²) in [5.74, 6) is -0.672. The first-order valence-corrected chi connectivity index (χ1v) is 10.2. The summed E-state index contributed by atoms with van der Waals surface area (Å²) in [6.07, 6.45) is 0.810. The van der Waals surface area contributed by atoms with E-state index < -0.39 is 11.9 Å². The predicted molar refractivity (Wildman–Crippen MR) is 120 cm³/mol. The van der Waals surface area contributed by atoms with E-state index in [0.29, 0.717) is 11.1 Å². The Bertz CT molecular complexity index is 1130. The van der Waals surface area contributed by atoms with Crippen LogP contribution in [0.1, 0.15) is 48.0 Å². The number of rotatable bonds is 9. The van der Waals surface area contributed by atoms with Crippen LogP contribution in [-0.2, 0) is 17.7 Å². The Labute approximate surface area is 186 Å². The molecule has 0 spiro atoms. The standard InChI is InChI=1S/C25H26N2O5/c1-16-14-22(17(2)27(16)13-12-18-4-10-21(31-3)11-5-18)23(28)15-32-25(30)20-8-6-19(7-9-20)24(26)29/h4-11,14H,12-13,15H2,1-3H3,(H2,26,29). The zero-order valence-electron chi connectivity index (χ0n) is 18.4. The van der Waals surface area contributed by atoms with Gasteiger partial charge in [0.05, 0.1) is 12.7 Å². The van der Waals surface area contributed by atoms with Crippen molar-refractivity contribution in [2.75, 3.05) is 13.7 Å². The number of benzene rings is 2. The molecule has 0 aliphatic rings. The molecule has 3 rings (SSSR count). The lowest BCUT2D eigenvalue weighted by Gasteiger charge is -2.10. The number of primary amides is 1. The van der Waals surface area contributed by atoms with Gasteiger partial charge < -0.3 is 19.8 Å². The fraction of sp³-hybridized carbons (Fsp3) is 0.240. The van der Waals surface area contributed by atoms with Crippen LogP contribution in [0.2, 0.25) is 0 Å². The molecular weight excluding hydrogens is 408 g/mol. The smallest absolute Gasteiger partial charge is 0.338 e. The van der Waals surface area contributed by atoms with Crippen molar-refractivity contribution >= 4 is 17.7 Å². The quantitative estimate of drug-likeness (QED) is 0.410. The van der Waals surface area contributed by atoms with Crippen molar-refractivity contribution in [3.63, 3.8) is 0 Å². The maximum atomic E-state index is 12.7. The molecule has 0 aliphatic carbocycles. The minimum Gasteiger partial charge on any atom is -0.497 e. The third-order valence-electron chi connectivity index (χ3n) is 5.40. The molecule has 0 bridgehead atoms. The van der Waals surface area contributed by atoms with Gasteiger partial charge in [0.1, 0.15) is 5.75 Å². The minimum atomic E-state index is -0.636. The Morgan fingerprint density at radius 3 is 2.16 bits per heavy atom. The van der Waals surface area contributed by atoms with E-state index in [1.54, 1.807) is 7.11 Å². The van der Waals surface area contributed by atoms with Crippen LogP contribution in [0.3, 0.4) is 0 Å². The highest BCUT2D eigenvalue weighted by atomic mass is 16.5. The molecule has 1 amide bonds. The number of hydrogen-bond acceptors (Lipinski definition) is 5.